The maximum absolute atomic E-state index is 11.6. The molecule has 0 aliphatic rings. The summed E-state index contributed by atoms with van der Waals surface area (Å²) in [5.41, 5.74) is 5.15. The van der Waals surface area contributed by atoms with E-state index in [1.807, 2.05) is 36.4 Å². The van der Waals surface area contributed by atoms with Crippen LogP contribution in [0.25, 0.3) is 0 Å². The fourth-order valence-electron chi connectivity index (χ4n) is 3.43. The second kappa shape index (κ2) is 17.9. The topological polar surface area (TPSA) is 90.5 Å². The number of hydrogen-bond donors (Lipinski definition) is 4. The van der Waals surface area contributed by atoms with E-state index < -0.39 is 0 Å². The predicted octanol–water partition coefficient (Wildman–Crippen LogP) is 5.49. The lowest BCUT2D eigenvalue weighted by Crippen LogP contribution is -2.17. The Morgan fingerprint density at radius 2 is 1.14 bits per heavy atom. The third-order valence-corrected chi connectivity index (χ3v) is 5.35. The first-order valence-corrected chi connectivity index (χ1v) is 12.2. The van der Waals surface area contributed by atoms with Gasteiger partial charge >= 0.3 is 0 Å². The number of benzene rings is 3. The van der Waals surface area contributed by atoms with Crippen LogP contribution in [0.5, 0.6) is 0 Å². The molecule has 0 unspecified atom stereocenters. The molecular formula is C29H37N3O3. The van der Waals surface area contributed by atoms with E-state index in [1.54, 1.807) is 5.48 Å². The average Bonchev–Trinajstić information content (AvgIpc) is 2.90. The molecule has 6 nitrogen and oxygen atoms in total. The van der Waals surface area contributed by atoms with Gasteiger partial charge in [0.05, 0.1) is 0 Å². The molecule has 0 aliphatic heterocycles. The van der Waals surface area contributed by atoms with Crippen LogP contribution in [0.1, 0.15) is 49.7 Å². The number of nitrogens with one attached hydrogen (secondary N) is 3. The number of rotatable bonds is 13. The quantitative estimate of drug-likeness (QED) is 0.149. The van der Waals surface area contributed by atoms with Crippen LogP contribution in [0.3, 0.4) is 0 Å². The number of anilines is 1. The zero-order chi connectivity index (χ0) is 25.0. The van der Waals surface area contributed by atoms with Crippen molar-refractivity contribution in [2.75, 3.05) is 11.9 Å². The van der Waals surface area contributed by atoms with Gasteiger partial charge in [-0.1, -0.05) is 91.7 Å². The second-order valence-electron chi connectivity index (χ2n) is 8.26. The van der Waals surface area contributed by atoms with Crippen molar-refractivity contribution in [3.63, 3.8) is 0 Å². The van der Waals surface area contributed by atoms with Gasteiger partial charge in [0.15, 0.2) is 0 Å². The van der Waals surface area contributed by atoms with E-state index in [4.69, 9.17) is 5.21 Å². The zero-order valence-corrected chi connectivity index (χ0v) is 20.3. The second-order valence-corrected chi connectivity index (χ2v) is 8.26. The highest BCUT2D eigenvalue weighted by molar-refractivity contribution is 5.90. The Bertz CT molecular complexity index is 909. The highest BCUT2D eigenvalue weighted by Crippen LogP contribution is 2.09. The van der Waals surface area contributed by atoms with Crippen molar-refractivity contribution < 1.29 is 14.8 Å². The van der Waals surface area contributed by atoms with Gasteiger partial charge in [0, 0.05) is 25.1 Å². The Morgan fingerprint density at radius 3 is 1.71 bits per heavy atom. The molecule has 0 heterocycles. The molecule has 0 saturated carbocycles. The summed E-state index contributed by atoms with van der Waals surface area (Å²) in [5.74, 6) is -0.346. The molecule has 0 aliphatic carbocycles. The third-order valence-electron chi connectivity index (χ3n) is 5.35. The largest absolute Gasteiger partial charge is 0.326 e. The van der Waals surface area contributed by atoms with Gasteiger partial charge in [-0.3, -0.25) is 14.8 Å². The fraction of sp³-hybridized carbons (Fsp3) is 0.310. The summed E-state index contributed by atoms with van der Waals surface area (Å²) in [7, 11) is 0. The van der Waals surface area contributed by atoms with Crippen molar-refractivity contribution in [1.29, 1.82) is 0 Å². The van der Waals surface area contributed by atoms with E-state index in [9.17, 15) is 9.59 Å². The molecule has 0 spiro atoms. The van der Waals surface area contributed by atoms with Crippen LogP contribution in [0.15, 0.2) is 91.0 Å². The standard InChI is InChI=1S/C15H17N.C14H20N2O3/c1-3-7-14(8-4-1)11-12-16-13-15-9-5-2-6-10-15;17-13(15-12-8-4-3-5-9-12)10-6-1-2-7-11-14(18)16-19/h1-10,16H,11-13H2;3-5,8-9,19H,1-2,6-7,10-11H2,(H,15,17)(H,16,18). The molecule has 0 radical (unpaired) electrons. The summed E-state index contributed by atoms with van der Waals surface area (Å²) >= 11 is 0. The normalized spacial score (nSPS) is 10.1. The van der Waals surface area contributed by atoms with Crippen LogP contribution in [0.4, 0.5) is 5.69 Å². The summed E-state index contributed by atoms with van der Waals surface area (Å²) in [5, 5.41) is 14.6. The Kier molecular flexibility index (Phi) is 14.2. The molecule has 0 aromatic heterocycles. The number of carbonyl (C=O) groups excluding carboxylic acids is 2. The van der Waals surface area contributed by atoms with Gasteiger partial charge < -0.3 is 10.6 Å². The third kappa shape index (κ3) is 13.7. The van der Waals surface area contributed by atoms with Crippen molar-refractivity contribution in [1.82, 2.24) is 10.8 Å². The number of unbranched alkanes of at least 4 members (excludes halogenated alkanes) is 3. The number of para-hydroxylation sites is 1. The van der Waals surface area contributed by atoms with Crippen LogP contribution in [0, 0.1) is 0 Å². The molecule has 6 heteroatoms. The average molecular weight is 476 g/mol. The number of hydrogen-bond acceptors (Lipinski definition) is 4. The van der Waals surface area contributed by atoms with Gasteiger partial charge in [0.2, 0.25) is 11.8 Å². The highest BCUT2D eigenvalue weighted by atomic mass is 16.5. The van der Waals surface area contributed by atoms with Crippen molar-refractivity contribution in [2.45, 2.75) is 51.5 Å². The van der Waals surface area contributed by atoms with Gasteiger partial charge in [-0.05, 0) is 49.1 Å². The van der Waals surface area contributed by atoms with E-state index in [0.717, 1.165) is 50.9 Å². The molecule has 2 amide bonds. The number of hydroxylamine groups is 1. The first-order chi connectivity index (χ1) is 17.2. The van der Waals surface area contributed by atoms with E-state index >= 15 is 0 Å². The van der Waals surface area contributed by atoms with Crippen LogP contribution in [0.2, 0.25) is 0 Å². The lowest BCUT2D eigenvalue weighted by Gasteiger charge is -2.04. The van der Waals surface area contributed by atoms with Gasteiger partial charge in [-0.25, -0.2) is 5.48 Å². The molecular weight excluding hydrogens is 438 g/mol. The molecule has 0 saturated heterocycles. The van der Waals surface area contributed by atoms with Gasteiger partial charge in [-0.15, -0.1) is 0 Å². The van der Waals surface area contributed by atoms with E-state index in [2.05, 4.69) is 65.2 Å². The summed E-state index contributed by atoms with van der Waals surface area (Å²) in [4.78, 5) is 22.3. The maximum atomic E-state index is 11.6. The van der Waals surface area contributed by atoms with Crippen molar-refractivity contribution in [3.8, 4) is 0 Å². The minimum absolute atomic E-state index is 0.0132. The molecule has 0 atom stereocenters. The molecule has 186 valence electrons. The molecule has 0 fully saturated rings. The smallest absolute Gasteiger partial charge is 0.243 e. The monoisotopic (exact) mass is 475 g/mol. The van der Waals surface area contributed by atoms with Crippen molar-refractivity contribution in [3.05, 3.63) is 102 Å². The lowest BCUT2D eigenvalue weighted by molar-refractivity contribution is -0.129. The molecule has 4 N–H and O–H groups in total. The number of carbonyl (C=O) groups is 2. The minimum Gasteiger partial charge on any atom is -0.326 e. The summed E-state index contributed by atoms with van der Waals surface area (Å²) in [6.07, 6.45) is 5.22. The van der Waals surface area contributed by atoms with Crippen LogP contribution in [-0.4, -0.2) is 23.6 Å². The Labute approximate surface area is 208 Å². The summed E-state index contributed by atoms with van der Waals surface area (Å²) in [6.45, 7) is 1.98. The van der Waals surface area contributed by atoms with Crippen LogP contribution >= 0.6 is 0 Å². The summed E-state index contributed by atoms with van der Waals surface area (Å²) in [6, 6.07) is 30.4. The first kappa shape index (κ1) is 27.8. The van der Waals surface area contributed by atoms with E-state index in [1.165, 1.54) is 11.1 Å². The predicted molar refractivity (Wildman–Crippen MR) is 141 cm³/mol. The van der Waals surface area contributed by atoms with Crippen molar-refractivity contribution in [2.24, 2.45) is 0 Å². The minimum atomic E-state index is -0.359. The Balaban J connectivity index is 0.000000250. The fourth-order valence-corrected chi connectivity index (χ4v) is 3.43. The molecule has 3 aromatic rings. The zero-order valence-electron chi connectivity index (χ0n) is 20.3. The SMILES string of the molecule is O=C(CCCCCCC(=O)Nc1ccccc1)NO.c1ccc(CCNCc2ccccc2)cc1. The Morgan fingerprint density at radius 1 is 0.629 bits per heavy atom. The molecule has 0 bridgehead atoms. The lowest BCUT2D eigenvalue weighted by atomic mass is 10.1. The number of amides is 2. The van der Waals surface area contributed by atoms with Crippen LogP contribution < -0.4 is 16.1 Å². The van der Waals surface area contributed by atoms with E-state index in [0.29, 0.717) is 12.8 Å². The highest BCUT2D eigenvalue weighted by Gasteiger charge is 2.02. The van der Waals surface area contributed by atoms with Gasteiger partial charge in [0.25, 0.3) is 0 Å². The van der Waals surface area contributed by atoms with Gasteiger partial charge in [-0.2, -0.15) is 0 Å². The molecule has 3 aromatic carbocycles. The van der Waals surface area contributed by atoms with Crippen molar-refractivity contribution >= 4 is 17.5 Å². The van der Waals surface area contributed by atoms with E-state index in [-0.39, 0.29) is 11.8 Å². The summed E-state index contributed by atoms with van der Waals surface area (Å²) < 4.78 is 0. The molecule has 35 heavy (non-hydrogen) atoms. The Hall–Kier alpha value is -3.48. The van der Waals surface area contributed by atoms with Gasteiger partial charge in [0.1, 0.15) is 0 Å². The maximum Gasteiger partial charge on any atom is 0.243 e. The van der Waals surface area contributed by atoms with Crippen LogP contribution in [-0.2, 0) is 22.6 Å². The molecule has 3 rings (SSSR count). The first-order valence-electron chi connectivity index (χ1n) is 12.2.